The van der Waals surface area contributed by atoms with Crippen molar-refractivity contribution in [3.8, 4) is 11.5 Å². The number of hydrogen-bond acceptors (Lipinski definition) is 4. The monoisotopic (exact) mass is 360 g/mol. The lowest BCUT2D eigenvalue weighted by Crippen LogP contribution is -2.53. The lowest BCUT2D eigenvalue weighted by molar-refractivity contribution is -0.184. The van der Waals surface area contributed by atoms with Crippen molar-refractivity contribution in [2.45, 2.75) is 12.1 Å². The molecule has 0 radical (unpaired) electrons. The van der Waals surface area contributed by atoms with E-state index in [1.54, 1.807) is 46.5 Å². The van der Waals surface area contributed by atoms with Gasteiger partial charge in [-0.25, -0.2) is 4.79 Å². The second kappa shape index (κ2) is 5.91. The average molecular weight is 361 g/mol. The number of aryl methyl sites for hydroxylation is 1. The van der Waals surface area contributed by atoms with Crippen LogP contribution in [0.3, 0.4) is 0 Å². The van der Waals surface area contributed by atoms with Crippen LogP contribution in [0.2, 0.25) is 5.02 Å². The molecule has 1 fully saturated rings. The quantitative estimate of drug-likeness (QED) is 0.776. The summed E-state index contributed by atoms with van der Waals surface area (Å²) in [6, 6.07) is 12.5. The zero-order valence-electron chi connectivity index (χ0n) is 13.6. The highest BCUT2D eigenvalue weighted by Crippen LogP contribution is 2.27. The zero-order chi connectivity index (χ0) is 17.6. The molecule has 1 aliphatic rings. The van der Waals surface area contributed by atoms with E-state index in [2.05, 4.69) is 0 Å². The summed E-state index contributed by atoms with van der Waals surface area (Å²) in [7, 11) is 1.71. The molecule has 2 heterocycles. The van der Waals surface area contributed by atoms with Crippen molar-refractivity contribution in [3.63, 3.8) is 0 Å². The van der Waals surface area contributed by atoms with Gasteiger partial charge in [-0.05, 0) is 36.4 Å². The van der Waals surface area contributed by atoms with Gasteiger partial charge in [0.15, 0.2) is 0 Å². The minimum Gasteiger partial charge on any atom is -0.457 e. The third kappa shape index (κ3) is 2.93. The van der Waals surface area contributed by atoms with Gasteiger partial charge in [-0.15, -0.1) is 0 Å². The maximum Gasteiger partial charge on any atom is 0.328 e. The van der Waals surface area contributed by atoms with Crippen molar-refractivity contribution in [1.29, 1.82) is 0 Å². The molecule has 3 aromatic rings. The number of halogens is 1. The minimum atomic E-state index is -0.995. The lowest BCUT2D eigenvalue weighted by Gasteiger charge is -2.36. The van der Waals surface area contributed by atoms with E-state index in [4.69, 9.17) is 21.1 Å². The Morgan fingerprint density at radius 2 is 1.84 bits per heavy atom. The predicted octanol–water partition coefficient (Wildman–Crippen LogP) is 2.55. The number of nitrogens with zero attached hydrogens (tertiary/aromatic N) is 2. The van der Waals surface area contributed by atoms with Gasteiger partial charge in [-0.3, -0.25) is 9.13 Å². The molecule has 1 saturated heterocycles. The fourth-order valence-corrected chi connectivity index (χ4v) is 3.09. The lowest BCUT2D eigenvalue weighted by atomic mass is 10.0. The highest BCUT2D eigenvalue weighted by molar-refractivity contribution is 6.30. The third-order valence-electron chi connectivity index (χ3n) is 4.36. The Morgan fingerprint density at radius 1 is 1.16 bits per heavy atom. The topological polar surface area (TPSA) is 65.6 Å². The molecule has 6 nitrogen and oxygen atoms in total. The molecule has 25 heavy (non-hydrogen) atoms. The van der Waals surface area contributed by atoms with E-state index >= 15 is 0 Å². The van der Waals surface area contributed by atoms with Crippen molar-refractivity contribution in [2.24, 2.45) is 7.05 Å². The molecule has 1 aliphatic heterocycles. The van der Waals surface area contributed by atoms with Crippen LogP contribution < -0.4 is 10.4 Å². The summed E-state index contributed by atoms with van der Waals surface area (Å²) in [5.41, 5.74) is 0.307. The molecule has 4 rings (SSSR count). The third-order valence-corrected chi connectivity index (χ3v) is 4.61. The van der Waals surface area contributed by atoms with E-state index in [1.165, 1.54) is 0 Å². The molecule has 0 aliphatic carbocycles. The molecule has 0 amide bonds. The Hall–Kier alpha value is -2.28. The molecule has 130 valence electrons. The van der Waals surface area contributed by atoms with Crippen LogP contribution >= 0.6 is 11.6 Å². The Bertz CT molecular complexity index is 987. The van der Waals surface area contributed by atoms with Gasteiger partial charge in [0, 0.05) is 18.1 Å². The molecule has 1 aromatic heterocycles. The molecule has 0 bridgehead atoms. The Balaban J connectivity index is 1.73. The van der Waals surface area contributed by atoms with Crippen molar-refractivity contribution >= 4 is 22.6 Å². The summed E-state index contributed by atoms with van der Waals surface area (Å²) >= 11 is 5.88. The normalized spacial score (nSPS) is 16.0. The van der Waals surface area contributed by atoms with Gasteiger partial charge in [0.25, 0.3) is 0 Å². The van der Waals surface area contributed by atoms with E-state index in [0.717, 1.165) is 5.52 Å². The number of aromatic nitrogens is 2. The number of rotatable bonds is 4. The number of aliphatic hydroxyl groups is 1. The van der Waals surface area contributed by atoms with Crippen LogP contribution in [0.5, 0.6) is 11.5 Å². The van der Waals surface area contributed by atoms with Gasteiger partial charge in [-0.2, -0.15) is 0 Å². The molecule has 2 aromatic carbocycles. The summed E-state index contributed by atoms with van der Waals surface area (Å²) in [6.45, 7) is 0.654. The van der Waals surface area contributed by atoms with Crippen molar-refractivity contribution in [3.05, 3.63) is 58.0 Å². The van der Waals surface area contributed by atoms with Gasteiger partial charge < -0.3 is 14.6 Å². The second-order valence-corrected chi connectivity index (χ2v) is 6.79. The van der Waals surface area contributed by atoms with Crippen molar-refractivity contribution < 1.29 is 14.6 Å². The average Bonchev–Trinajstić information content (AvgIpc) is 2.80. The fraction of sp³-hybridized carbons (Fsp3) is 0.278. The molecular weight excluding hydrogens is 344 g/mol. The first-order valence-corrected chi connectivity index (χ1v) is 8.26. The van der Waals surface area contributed by atoms with Gasteiger partial charge in [0.1, 0.15) is 17.1 Å². The Labute approximate surface area is 148 Å². The van der Waals surface area contributed by atoms with E-state index in [-0.39, 0.29) is 25.4 Å². The molecular formula is C18H17ClN2O4. The summed E-state index contributed by atoms with van der Waals surface area (Å²) in [5.74, 6) is 1.26. The predicted molar refractivity (Wildman–Crippen MR) is 94.5 cm³/mol. The zero-order valence-corrected chi connectivity index (χ0v) is 14.4. The molecule has 0 spiro atoms. The second-order valence-electron chi connectivity index (χ2n) is 6.35. The Morgan fingerprint density at radius 3 is 2.48 bits per heavy atom. The van der Waals surface area contributed by atoms with E-state index < -0.39 is 5.60 Å². The van der Waals surface area contributed by atoms with E-state index in [0.29, 0.717) is 22.0 Å². The summed E-state index contributed by atoms with van der Waals surface area (Å²) in [4.78, 5) is 12.5. The number of fused-ring (bicyclic) bond motifs is 1. The molecule has 0 unspecified atom stereocenters. The van der Waals surface area contributed by atoms with Crippen LogP contribution in [0, 0.1) is 0 Å². The number of hydrogen-bond donors (Lipinski definition) is 1. The van der Waals surface area contributed by atoms with E-state index in [1.807, 2.05) is 12.1 Å². The van der Waals surface area contributed by atoms with Crippen LogP contribution in [0.15, 0.2) is 47.3 Å². The SMILES string of the molecule is Cn1c(=O)n(CC2(O)COC2)c2cc(Oc3ccc(Cl)cc3)ccc21. The highest BCUT2D eigenvalue weighted by Gasteiger charge is 2.37. The molecule has 0 saturated carbocycles. The first-order valence-electron chi connectivity index (χ1n) is 7.88. The van der Waals surface area contributed by atoms with Crippen LogP contribution in [-0.4, -0.2) is 33.1 Å². The largest absolute Gasteiger partial charge is 0.457 e. The van der Waals surface area contributed by atoms with Gasteiger partial charge >= 0.3 is 5.69 Å². The maximum absolute atomic E-state index is 12.5. The van der Waals surface area contributed by atoms with Crippen LogP contribution in [-0.2, 0) is 18.3 Å². The van der Waals surface area contributed by atoms with E-state index in [9.17, 15) is 9.90 Å². The van der Waals surface area contributed by atoms with Crippen LogP contribution in [0.1, 0.15) is 0 Å². The molecule has 1 N–H and O–H groups in total. The number of imidazole rings is 1. The summed E-state index contributed by atoms with van der Waals surface area (Å²) < 4.78 is 14.0. The molecule has 7 heteroatoms. The first kappa shape index (κ1) is 16.2. The van der Waals surface area contributed by atoms with Gasteiger partial charge in [-0.1, -0.05) is 11.6 Å². The van der Waals surface area contributed by atoms with Crippen LogP contribution in [0.25, 0.3) is 11.0 Å². The highest BCUT2D eigenvalue weighted by atomic mass is 35.5. The van der Waals surface area contributed by atoms with Gasteiger partial charge in [0.2, 0.25) is 0 Å². The smallest absolute Gasteiger partial charge is 0.328 e. The first-order chi connectivity index (χ1) is 12.0. The standard InChI is InChI=1S/C18H17ClN2O4/c1-20-15-7-6-14(25-13-4-2-12(19)3-5-13)8-16(15)21(17(20)22)9-18(23)10-24-11-18/h2-8,23H,9-11H2,1H3. The summed E-state index contributed by atoms with van der Waals surface area (Å²) in [6.07, 6.45) is 0. The fourth-order valence-electron chi connectivity index (χ4n) is 2.97. The van der Waals surface area contributed by atoms with Crippen molar-refractivity contribution in [2.75, 3.05) is 13.2 Å². The van der Waals surface area contributed by atoms with Crippen molar-refractivity contribution in [1.82, 2.24) is 9.13 Å². The number of ether oxygens (including phenoxy) is 2. The molecule has 0 atom stereocenters. The summed E-state index contributed by atoms with van der Waals surface area (Å²) in [5, 5.41) is 11.0. The number of benzene rings is 2. The Kier molecular flexibility index (Phi) is 3.83. The minimum absolute atomic E-state index is 0.182. The van der Waals surface area contributed by atoms with Crippen LogP contribution in [0.4, 0.5) is 0 Å². The van der Waals surface area contributed by atoms with Gasteiger partial charge in [0.05, 0.1) is 30.8 Å². The maximum atomic E-state index is 12.5.